The number of anilines is 1. The molecule has 0 amide bonds. The van der Waals surface area contributed by atoms with Crippen molar-refractivity contribution in [3.05, 3.63) is 23.8 Å². The van der Waals surface area contributed by atoms with Crippen LogP contribution in [0.1, 0.15) is 84.6 Å². The van der Waals surface area contributed by atoms with Gasteiger partial charge in [-0.1, -0.05) is 53.5 Å². The number of benzene rings is 1. The molecule has 3 rings (SSSR count). The minimum atomic E-state index is 0.404. The summed E-state index contributed by atoms with van der Waals surface area (Å²) in [5.41, 5.74) is 3.78. The molecule has 0 N–H and O–H groups in total. The molecule has 1 aromatic carbocycles. The predicted molar refractivity (Wildman–Crippen MR) is 125 cm³/mol. The Bertz CT molecular complexity index is 643. The highest BCUT2D eigenvalue weighted by Crippen LogP contribution is 2.53. The summed E-state index contributed by atoms with van der Waals surface area (Å²) in [4.78, 5) is 5.28. The van der Waals surface area contributed by atoms with E-state index < -0.39 is 0 Å². The van der Waals surface area contributed by atoms with Crippen LogP contribution in [0, 0.1) is 10.8 Å². The van der Waals surface area contributed by atoms with E-state index in [9.17, 15) is 0 Å². The molecule has 1 saturated heterocycles. The van der Waals surface area contributed by atoms with E-state index in [1.165, 1.54) is 63.8 Å². The van der Waals surface area contributed by atoms with E-state index in [1.807, 2.05) is 0 Å². The molecule has 0 spiro atoms. The summed E-state index contributed by atoms with van der Waals surface area (Å²) in [6.45, 7) is 18.0. The first-order valence-electron chi connectivity index (χ1n) is 11.9. The van der Waals surface area contributed by atoms with Crippen molar-refractivity contribution < 1.29 is 4.74 Å². The van der Waals surface area contributed by atoms with Crippen LogP contribution in [0.25, 0.3) is 0 Å². The van der Waals surface area contributed by atoms with Gasteiger partial charge in [-0.15, -0.1) is 0 Å². The van der Waals surface area contributed by atoms with Crippen LogP contribution < -0.4 is 9.64 Å². The Morgan fingerprint density at radius 3 is 2.21 bits per heavy atom. The van der Waals surface area contributed by atoms with E-state index in [-0.39, 0.29) is 0 Å². The summed E-state index contributed by atoms with van der Waals surface area (Å²) in [7, 11) is 1.79. The fourth-order valence-corrected chi connectivity index (χ4v) is 6.13. The number of piperazine rings is 1. The molecule has 164 valence electrons. The van der Waals surface area contributed by atoms with E-state index in [4.69, 9.17) is 4.74 Å². The molecule has 1 aliphatic carbocycles. The average molecular weight is 401 g/mol. The van der Waals surface area contributed by atoms with Crippen molar-refractivity contribution in [1.82, 2.24) is 4.90 Å². The Hall–Kier alpha value is -1.22. The van der Waals surface area contributed by atoms with Crippen LogP contribution in [0.5, 0.6) is 5.75 Å². The van der Waals surface area contributed by atoms with Crippen LogP contribution in [0.15, 0.2) is 18.2 Å². The fourth-order valence-electron chi connectivity index (χ4n) is 6.13. The van der Waals surface area contributed by atoms with Crippen molar-refractivity contribution in [2.75, 3.05) is 44.7 Å². The van der Waals surface area contributed by atoms with Gasteiger partial charge in [0.1, 0.15) is 5.75 Å². The van der Waals surface area contributed by atoms with Gasteiger partial charge in [0.25, 0.3) is 0 Å². The quantitative estimate of drug-likeness (QED) is 0.498. The highest BCUT2D eigenvalue weighted by atomic mass is 16.5. The van der Waals surface area contributed by atoms with Crippen LogP contribution in [0.3, 0.4) is 0 Å². The Morgan fingerprint density at radius 2 is 1.62 bits per heavy atom. The SMILES string of the molecule is CCCCCN1CCN(c2cc(OC)ccc2C2CC(C)(C)CC(C)(C)C2)CC1. The molecule has 3 nitrogen and oxygen atoms in total. The number of rotatable bonds is 7. The third-order valence-electron chi connectivity index (χ3n) is 7.02. The molecule has 2 aliphatic rings. The Morgan fingerprint density at radius 1 is 0.966 bits per heavy atom. The monoisotopic (exact) mass is 400 g/mol. The lowest BCUT2D eigenvalue weighted by Gasteiger charge is -2.46. The average Bonchev–Trinajstić information content (AvgIpc) is 2.66. The van der Waals surface area contributed by atoms with Crippen molar-refractivity contribution in [1.29, 1.82) is 0 Å². The van der Waals surface area contributed by atoms with Gasteiger partial charge in [0.2, 0.25) is 0 Å². The fraction of sp³-hybridized carbons (Fsp3) is 0.769. The molecule has 0 aromatic heterocycles. The smallest absolute Gasteiger partial charge is 0.120 e. The van der Waals surface area contributed by atoms with Crippen LogP contribution in [0.2, 0.25) is 0 Å². The molecule has 1 heterocycles. The molecule has 1 aromatic rings. The van der Waals surface area contributed by atoms with Crippen LogP contribution in [0.4, 0.5) is 5.69 Å². The molecule has 1 saturated carbocycles. The van der Waals surface area contributed by atoms with Crippen molar-refractivity contribution in [2.45, 2.75) is 79.1 Å². The second kappa shape index (κ2) is 9.29. The van der Waals surface area contributed by atoms with Gasteiger partial charge in [0.15, 0.2) is 0 Å². The first-order chi connectivity index (χ1) is 13.7. The van der Waals surface area contributed by atoms with Crippen LogP contribution >= 0.6 is 0 Å². The number of nitrogens with zero attached hydrogens (tertiary/aromatic N) is 2. The van der Waals surface area contributed by atoms with E-state index in [0.717, 1.165) is 18.8 Å². The third kappa shape index (κ3) is 5.90. The van der Waals surface area contributed by atoms with Gasteiger partial charge in [0, 0.05) is 37.9 Å². The van der Waals surface area contributed by atoms with Crippen molar-refractivity contribution >= 4 is 5.69 Å². The number of unbranched alkanes of at least 4 members (excludes halogenated alkanes) is 2. The lowest BCUT2D eigenvalue weighted by atomic mass is 9.60. The number of ether oxygens (including phenoxy) is 1. The largest absolute Gasteiger partial charge is 0.497 e. The zero-order valence-electron chi connectivity index (χ0n) is 19.9. The summed E-state index contributed by atoms with van der Waals surface area (Å²) >= 11 is 0. The van der Waals surface area contributed by atoms with Gasteiger partial charge in [-0.05, 0) is 60.6 Å². The second-order valence-electron chi connectivity index (χ2n) is 11.1. The Balaban J connectivity index is 1.78. The molecular formula is C26H44N2O. The minimum Gasteiger partial charge on any atom is -0.497 e. The van der Waals surface area contributed by atoms with E-state index in [0.29, 0.717) is 16.7 Å². The Labute approximate surface area is 179 Å². The summed E-state index contributed by atoms with van der Waals surface area (Å²) in [5.74, 6) is 1.63. The second-order valence-corrected chi connectivity index (χ2v) is 11.1. The first-order valence-corrected chi connectivity index (χ1v) is 11.9. The first kappa shape index (κ1) is 22.5. The molecule has 29 heavy (non-hydrogen) atoms. The standard InChI is InChI=1S/C26H44N2O/c1-7-8-9-12-27-13-15-28(16-14-27)24-17-22(29-6)10-11-23(24)21-18-25(2,3)20-26(4,5)19-21/h10-11,17,21H,7-9,12-16,18-20H2,1-6H3. The molecule has 0 atom stereocenters. The number of methoxy groups -OCH3 is 1. The van der Waals surface area contributed by atoms with Crippen molar-refractivity contribution in [3.8, 4) is 5.75 Å². The number of hydrogen-bond donors (Lipinski definition) is 0. The van der Waals surface area contributed by atoms with E-state index in [2.05, 4.69) is 62.6 Å². The normalized spacial score (nSPS) is 22.6. The molecule has 0 radical (unpaired) electrons. The molecule has 2 fully saturated rings. The highest BCUT2D eigenvalue weighted by Gasteiger charge is 2.40. The van der Waals surface area contributed by atoms with Gasteiger partial charge in [-0.25, -0.2) is 0 Å². The Kier molecular flexibility index (Phi) is 7.19. The maximum Gasteiger partial charge on any atom is 0.120 e. The lowest BCUT2D eigenvalue weighted by molar-refractivity contribution is 0.0969. The van der Waals surface area contributed by atoms with Gasteiger partial charge in [-0.3, -0.25) is 4.90 Å². The molecule has 0 bridgehead atoms. The summed E-state index contributed by atoms with van der Waals surface area (Å²) in [6.07, 6.45) is 7.89. The van der Waals surface area contributed by atoms with Gasteiger partial charge < -0.3 is 9.64 Å². The van der Waals surface area contributed by atoms with Crippen molar-refractivity contribution in [3.63, 3.8) is 0 Å². The molecule has 0 unspecified atom stereocenters. The molecular weight excluding hydrogens is 356 g/mol. The number of hydrogen-bond acceptors (Lipinski definition) is 3. The zero-order chi connectivity index (χ0) is 21.1. The van der Waals surface area contributed by atoms with Crippen LogP contribution in [-0.2, 0) is 0 Å². The van der Waals surface area contributed by atoms with E-state index >= 15 is 0 Å². The minimum absolute atomic E-state index is 0.404. The maximum absolute atomic E-state index is 5.62. The summed E-state index contributed by atoms with van der Waals surface area (Å²) in [6, 6.07) is 6.84. The zero-order valence-corrected chi connectivity index (χ0v) is 19.9. The maximum atomic E-state index is 5.62. The van der Waals surface area contributed by atoms with Gasteiger partial charge in [0.05, 0.1) is 7.11 Å². The van der Waals surface area contributed by atoms with Gasteiger partial charge in [-0.2, -0.15) is 0 Å². The summed E-state index contributed by atoms with van der Waals surface area (Å²) < 4.78 is 5.62. The molecule has 3 heteroatoms. The summed E-state index contributed by atoms with van der Waals surface area (Å²) in [5, 5.41) is 0. The van der Waals surface area contributed by atoms with E-state index in [1.54, 1.807) is 12.7 Å². The predicted octanol–water partition coefficient (Wildman–Crippen LogP) is 6.33. The highest BCUT2D eigenvalue weighted by molar-refractivity contribution is 5.59. The topological polar surface area (TPSA) is 15.7 Å². The van der Waals surface area contributed by atoms with Crippen molar-refractivity contribution in [2.24, 2.45) is 10.8 Å². The third-order valence-corrected chi connectivity index (χ3v) is 7.02. The lowest BCUT2D eigenvalue weighted by Crippen LogP contribution is -2.47. The van der Waals surface area contributed by atoms with Crippen LogP contribution in [-0.4, -0.2) is 44.7 Å². The molecule has 1 aliphatic heterocycles. The van der Waals surface area contributed by atoms with Gasteiger partial charge >= 0.3 is 0 Å².